The number of carbonyl (C=O) groups is 2. The highest BCUT2D eigenvalue weighted by Crippen LogP contribution is 2.38. The lowest BCUT2D eigenvalue weighted by atomic mass is 10.1. The Morgan fingerprint density at radius 2 is 1.91 bits per heavy atom. The highest BCUT2D eigenvalue weighted by Gasteiger charge is 2.34. The summed E-state index contributed by atoms with van der Waals surface area (Å²) in [4.78, 5) is 36.6. The molecule has 2 aromatic carbocycles. The fraction of sp³-hybridized carbons (Fsp3) is 0.273. The van der Waals surface area contributed by atoms with Crippen LogP contribution >= 0.6 is 34.4 Å². The third kappa shape index (κ3) is 6.24. The van der Waals surface area contributed by atoms with Crippen molar-refractivity contribution in [1.82, 2.24) is 4.90 Å². The van der Waals surface area contributed by atoms with Gasteiger partial charge in [0, 0.05) is 19.2 Å². The first-order valence-corrected chi connectivity index (χ1v) is 11.8. The van der Waals surface area contributed by atoms with Gasteiger partial charge in [-0.15, -0.1) is 0 Å². The molecule has 0 aliphatic carbocycles. The van der Waals surface area contributed by atoms with Crippen molar-refractivity contribution in [3.8, 4) is 11.5 Å². The molecule has 11 heteroatoms. The summed E-state index contributed by atoms with van der Waals surface area (Å²) in [6.45, 7) is 2.93. The molecule has 3 rings (SSSR count). The number of non-ortho nitro benzene ring substituents is 1. The van der Waals surface area contributed by atoms with Crippen LogP contribution in [0.5, 0.6) is 11.5 Å². The first-order chi connectivity index (χ1) is 15.8. The van der Waals surface area contributed by atoms with Crippen LogP contribution in [-0.4, -0.2) is 47.8 Å². The number of methoxy groups -OCH3 is 1. The standard InChI is InChI=1S/C22H21IN2O7S/c1-3-31-18-11-15(12-19-21(26)24(8-9-30-2)22(27)33-19)10-17(23)20(18)32-13-14-4-6-16(7-5-14)25(28)29/h4-7,10-12H,3,8-9,13H2,1-2H3/b19-12+. The van der Waals surface area contributed by atoms with Gasteiger partial charge in [0.2, 0.25) is 0 Å². The van der Waals surface area contributed by atoms with E-state index in [2.05, 4.69) is 22.6 Å². The predicted molar refractivity (Wildman–Crippen MR) is 132 cm³/mol. The van der Waals surface area contributed by atoms with Crippen LogP contribution < -0.4 is 9.47 Å². The maximum atomic E-state index is 12.6. The zero-order chi connectivity index (χ0) is 24.0. The van der Waals surface area contributed by atoms with E-state index in [1.807, 2.05) is 13.0 Å². The van der Waals surface area contributed by atoms with Crippen molar-refractivity contribution in [1.29, 1.82) is 0 Å². The van der Waals surface area contributed by atoms with Crippen LogP contribution in [0.4, 0.5) is 10.5 Å². The topological polar surface area (TPSA) is 108 Å². The molecule has 9 nitrogen and oxygen atoms in total. The molecule has 1 aliphatic heterocycles. The molecule has 2 amide bonds. The molecular formula is C22H21IN2O7S. The fourth-order valence-corrected chi connectivity index (χ4v) is 4.62. The Morgan fingerprint density at radius 1 is 1.18 bits per heavy atom. The number of hydrogen-bond donors (Lipinski definition) is 0. The molecule has 0 N–H and O–H groups in total. The lowest BCUT2D eigenvalue weighted by Crippen LogP contribution is -2.31. The van der Waals surface area contributed by atoms with Crippen LogP contribution in [0.3, 0.4) is 0 Å². The lowest BCUT2D eigenvalue weighted by Gasteiger charge is -2.15. The van der Waals surface area contributed by atoms with Crippen molar-refractivity contribution in [3.63, 3.8) is 0 Å². The number of benzene rings is 2. The summed E-state index contributed by atoms with van der Waals surface area (Å²) < 4.78 is 17.4. The molecule has 0 saturated carbocycles. The Kier molecular flexibility index (Phi) is 8.69. The molecule has 1 aliphatic rings. The van der Waals surface area contributed by atoms with Gasteiger partial charge in [0.15, 0.2) is 11.5 Å². The van der Waals surface area contributed by atoms with Crippen LogP contribution in [0.25, 0.3) is 6.08 Å². The highest BCUT2D eigenvalue weighted by atomic mass is 127. The SMILES string of the molecule is CCOc1cc(/C=C2/SC(=O)N(CCOC)C2=O)cc(I)c1OCc1ccc([N+](=O)[O-])cc1. The number of ether oxygens (including phenoxy) is 3. The summed E-state index contributed by atoms with van der Waals surface area (Å²) >= 11 is 3.00. The number of amides is 2. The third-order valence-corrected chi connectivity index (χ3v) is 6.26. The summed E-state index contributed by atoms with van der Waals surface area (Å²) in [6, 6.07) is 9.71. The van der Waals surface area contributed by atoms with Crippen molar-refractivity contribution < 1.29 is 28.7 Å². The van der Waals surface area contributed by atoms with Gasteiger partial charge in [0.25, 0.3) is 16.8 Å². The van der Waals surface area contributed by atoms with E-state index in [0.29, 0.717) is 28.6 Å². The molecule has 0 aromatic heterocycles. The average Bonchev–Trinajstić information content (AvgIpc) is 3.04. The number of nitro groups is 1. The van der Waals surface area contributed by atoms with E-state index in [4.69, 9.17) is 14.2 Å². The molecule has 1 saturated heterocycles. The Balaban J connectivity index is 1.81. The Hall–Kier alpha value is -2.64. The van der Waals surface area contributed by atoms with Crippen LogP contribution in [0.2, 0.25) is 0 Å². The number of hydrogen-bond acceptors (Lipinski definition) is 8. The van der Waals surface area contributed by atoms with E-state index in [9.17, 15) is 19.7 Å². The van der Waals surface area contributed by atoms with Gasteiger partial charge in [-0.3, -0.25) is 24.6 Å². The van der Waals surface area contributed by atoms with E-state index < -0.39 is 4.92 Å². The van der Waals surface area contributed by atoms with E-state index in [1.165, 1.54) is 19.2 Å². The molecule has 33 heavy (non-hydrogen) atoms. The van der Waals surface area contributed by atoms with Crippen LogP contribution in [0.15, 0.2) is 41.3 Å². The van der Waals surface area contributed by atoms with Crippen molar-refractivity contribution >= 4 is 57.3 Å². The minimum absolute atomic E-state index is 0.0133. The zero-order valence-corrected chi connectivity index (χ0v) is 20.9. The van der Waals surface area contributed by atoms with Crippen molar-refractivity contribution in [2.45, 2.75) is 13.5 Å². The van der Waals surface area contributed by atoms with E-state index in [1.54, 1.807) is 24.3 Å². The number of carbonyl (C=O) groups excluding carboxylic acids is 2. The number of halogens is 1. The second kappa shape index (κ2) is 11.5. The quantitative estimate of drug-likeness (QED) is 0.169. The van der Waals surface area contributed by atoms with Gasteiger partial charge >= 0.3 is 0 Å². The number of rotatable bonds is 10. The van der Waals surface area contributed by atoms with Gasteiger partial charge in [0.05, 0.1) is 33.2 Å². The van der Waals surface area contributed by atoms with Crippen molar-refractivity contribution in [3.05, 3.63) is 66.1 Å². The molecule has 0 atom stereocenters. The zero-order valence-electron chi connectivity index (χ0n) is 17.9. The summed E-state index contributed by atoms with van der Waals surface area (Å²) in [5.74, 6) is 0.672. The maximum absolute atomic E-state index is 12.6. The van der Waals surface area contributed by atoms with Crippen LogP contribution in [-0.2, 0) is 16.1 Å². The molecule has 0 radical (unpaired) electrons. The minimum atomic E-state index is -0.453. The van der Waals surface area contributed by atoms with Gasteiger partial charge < -0.3 is 14.2 Å². The highest BCUT2D eigenvalue weighted by molar-refractivity contribution is 14.1. The molecule has 2 aromatic rings. The van der Waals surface area contributed by atoms with Crippen molar-refractivity contribution in [2.24, 2.45) is 0 Å². The second-order valence-corrected chi connectivity index (χ2v) is 8.96. The first kappa shape index (κ1) is 25.0. The number of thioether (sulfide) groups is 1. The average molecular weight is 584 g/mol. The smallest absolute Gasteiger partial charge is 0.293 e. The summed E-state index contributed by atoms with van der Waals surface area (Å²) in [5.41, 5.74) is 1.48. The molecular weight excluding hydrogens is 563 g/mol. The Labute approximate surface area is 208 Å². The molecule has 1 heterocycles. The second-order valence-electron chi connectivity index (χ2n) is 6.80. The number of nitro benzene ring substituents is 1. The first-order valence-electron chi connectivity index (χ1n) is 9.90. The van der Waals surface area contributed by atoms with Crippen LogP contribution in [0.1, 0.15) is 18.1 Å². The summed E-state index contributed by atoms with van der Waals surface area (Å²) in [7, 11) is 1.51. The summed E-state index contributed by atoms with van der Waals surface area (Å²) in [5, 5.41) is 10.5. The van der Waals surface area contributed by atoms with E-state index in [-0.39, 0.29) is 36.6 Å². The monoisotopic (exact) mass is 584 g/mol. The maximum Gasteiger partial charge on any atom is 0.293 e. The molecule has 174 valence electrons. The molecule has 0 bridgehead atoms. The van der Waals surface area contributed by atoms with Gasteiger partial charge in [-0.25, -0.2) is 0 Å². The molecule has 0 unspecified atom stereocenters. The van der Waals surface area contributed by atoms with Gasteiger partial charge in [0.1, 0.15) is 6.61 Å². The predicted octanol–water partition coefficient (Wildman–Crippen LogP) is 4.86. The Morgan fingerprint density at radius 3 is 2.55 bits per heavy atom. The third-order valence-electron chi connectivity index (χ3n) is 4.55. The van der Waals surface area contributed by atoms with Gasteiger partial charge in [-0.2, -0.15) is 0 Å². The minimum Gasteiger partial charge on any atom is -0.490 e. The number of imide groups is 1. The Bertz CT molecular complexity index is 1090. The van der Waals surface area contributed by atoms with Gasteiger partial charge in [-0.1, -0.05) is 0 Å². The van der Waals surface area contributed by atoms with E-state index >= 15 is 0 Å². The van der Waals surface area contributed by atoms with Gasteiger partial charge in [-0.05, 0) is 82.7 Å². The molecule has 0 spiro atoms. The largest absolute Gasteiger partial charge is 0.490 e. The normalized spacial score (nSPS) is 14.8. The lowest BCUT2D eigenvalue weighted by molar-refractivity contribution is -0.384. The van der Waals surface area contributed by atoms with Crippen LogP contribution in [0, 0.1) is 13.7 Å². The fourth-order valence-electron chi connectivity index (χ4n) is 2.97. The van der Waals surface area contributed by atoms with E-state index in [0.717, 1.165) is 25.8 Å². The summed E-state index contributed by atoms with van der Waals surface area (Å²) in [6.07, 6.45) is 1.66. The van der Waals surface area contributed by atoms with Crippen molar-refractivity contribution in [2.75, 3.05) is 26.9 Å². The number of nitrogens with zero attached hydrogens (tertiary/aromatic N) is 2. The molecule has 1 fully saturated rings.